The summed E-state index contributed by atoms with van der Waals surface area (Å²) in [5, 5.41) is 0. The summed E-state index contributed by atoms with van der Waals surface area (Å²) in [6.07, 6.45) is 3.23. The Morgan fingerprint density at radius 1 is 1.18 bits per heavy atom. The fourth-order valence-electron chi connectivity index (χ4n) is 1.36. The van der Waals surface area contributed by atoms with Crippen LogP contribution in [0.2, 0.25) is 0 Å². The van der Waals surface area contributed by atoms with E-state index in [1.807, 2.05) is 12.1 Å². The summed E-state index contributed by atoms with van der Waals surface area (Å²) in [5.74, 6) is 1.18. The highest BCUT2D eigenvalue weighted by atomic mass is 16.5. The molecule has 5 nitrogen and oxygen atoms in total. The maximum absolute atomic E-state index is 5.55. The summed E-state index contributed by atoms with van der Waals surface area (Å²) in [6, 6.07) is 7.50. The highest BCUT2D eigenvalue weighted by molar-refractivity contribution is 5.44. The predicted molar refractivity (Wildman–Crippen MR) is 63.0 cm³/mol. The third kappa shape index (κ3) is 2.70. The third-order valence-electron chi connectivity index (χ3n) is 2.21. The van der Waals surface area contributed by atoms with Gasteiger partial charge in [-0.3, -0.25) is 0 Å². The number of nitrogens with zero attached hydrogens (tertiary/aromatic N) is 2. The van der Waals surface area contributed by atoms with Crippen LogP contribution in [-0.2, 0) is 6.54 Å². The Bertz CT molecular complexity index is 488. The van der Waals surface area contributed by atoms with Crippen LogP contribution in [0.25, 0.3) is 0 Å². The number of benzene rings is 1. The van der Waals surface area contributed by atoms with Gasteiger partial charge in [-0.15, -0.1) is 0 Å². The van der Waals surface area contributed by atoms with Crippen molar-refractivity contribution in [1.82, 2.24) is 9.97 Å². The van der Waals surface area contributed by atoms with Gasteiger partial charge in [-0.2, -0.15) is 0 Å². The van der Waals surface area contributed by atoms with Crippen molar-refractivity contribution < 1.29 is 9.47 Å². The number of hydrogen-bond donors (Lipinski definition) is 1. The van der Waals surface area contributed by atoms with E-state index in [0.717, 1.165) is 5.56 Å². The quantitative estimate of drug-likeness (QED) is 0.867. The van der Waals surface area contributed by atoms with Crippen molar-refractivity contribution in [2.24, 2.45) is 5.73 Å². The Hall–Kier alpha value is -2.14. The molecule has 1 aromatic carbocycles. The zero-order valence-corrected chi connectivity index (χ0v) is 9.46. The Labute approximate surface area is 99.2 Å². The topological polar surface area (TPSA) is 70.3 Å². The minimum atomic E-state index is 0.284. The van der Waals surface area contributed by atoms with E-state index < -0.39 is 0 Å². The smallest absolute Gasteiger partial charge is 0.321 e. The largest absolute Gasteiger partial charge is 0.493 e. The summed E-state index contributed by atoms with van der Waals surface area (Å²) >= 11 is 0. The number of methoxy groups -OCH3 is 1. The Morgan fingerprint density at radius 2 is 1.94 bits per heavy atom. The summed E-state index contributed by atoms with van der Waals surface area (Å²) in [4.78, 5) is 7.96. The van der Waals surface area contributed by atoms with Crippen LogP contribution in [0.3, 0.4) is 0 Å². The first-order valence-electron chi connectivity index (χ1n) is 5.15. The molecule has 2 aromatic rings. The fraction of sp³-hybridized carbons (Fsp3) is 0.167. The van der Waals surface area contributed by atoms with Crippen molar-refractivity contribution in [2.45, 2.75) is 6.54 Å². The number of aromatic nitrogens is 2. The van der Waals surface area contributed by atoms with Gasteiger partial charge >= 0.3 is 6.01 Å². The van der Waals surface area contributed by atoms with Gasteiger partial charge in [-0.1, -0.05) is 6.07 Å². The van der Waals surface area contributed by atoms with Crippen LogP contribution >= 0.6 is 0 Å². The Kier molecular flexibility index (Phi) is 3.52. The predicted octanol–water partition coefficient (Wildman–Crippen LogP) is 1.74. The molecule has 0 aliphatic heterocycles. The molecule has 0 amide bonds. The molecule has 0 saturated carbocycles. The number of rotatable bonds is 4. The number of nitrogens with two attached hydrogens (primary N) is 1. The first-order chi connectivity index (χ1) is 8.33. The molecule has 5 heteroatoms. The van der Waals surface area contributed by atoms with Crippen molar-refractivity contribution in [3.8, 4) is 17.5 Å². The van der Waals surface area contributed by atoms with E-state index in [9.17, 15) is 0 Å². The van der Waals surface area contributed by atoms with Crippen LogP contribution in [0.4, 0.5) is 0 Å². The first kappa shape index (κ1) is 11.3. The second kappa shape index (κ2) is 5.27. The minimum absolute atomic E-state index is 0.284. The van der Waals surface area contributed by atoms with E-state index in [1.165, 1.54) is 0 Å². The monoisotopic (exact) mass is 231 g/mol. The van der Waals surface area contributed by atoms with E-state index in [1.54, 1.807) is 31.6 Å². The lowest BCUT2D eigenvalue weighted by molar-refractivity contribution is 0.367. The van der Waals surface area contributed by atoms with Gasteiger partial charge in [0, 0.05) is 18.9 Å². The molecule has 0 saturated heterocycles. The first-order valence-corrected chi connectivity index (χ1v) is 5.15. The van der Waals surface area contributed by atoms with Crippen LogP contribution in [0.5, 0.6) is 17.5 Å². The highest BCUT2D eigenvalue weighted by Gasteiger charge is 2.07. The molecular weight excluding hydrogens is 218 g/mol. The number of ether oxygens (including phenoxy) is 2. The SMILES string of the molecule is COc1cc(CN)ccc1Oc1ncccn1. The van der Waals surface area contributed by atoms with E-state index in [2.05, 4.69) is 9.97 Å². The van der Waals surface area contributed by atoms with E-state index in [0.29, 0.717) is 18.0 Å². The Balaban J connectivity index is 2.26. The normalized spacial score (nSPS) is 10.0. The van der Waals surface area contributed by atoms with Crippen molar-refractivity contribution in [1.29, 1.82) is 0 Å². The highest BCUT2D eigenvalue weighted by Crippen LogP contribution is 2.30. The van der Waals surface area contributed by atoms with Crippen molar-refractivity contribution >= 4 is 0 Å². The standard InChI is InChI=1S/C12H13N3O2/c1-16-11-7-9(8-13)3-4-10(11)17-12-14-5-2-6-15-12/h2-7H,8,13H2,1H3. The maximum atomic E-state index is 5.55. The van der Waals surface area contributed by atoms with E-state index in [4.69, 9.17) is 15.2 Å². The van der Waals surface area contributed by atoms with Gasteiger partial charge in [0.05, 0.1) is 7.11 Å². The average Bonchev–Trinajstić information content (AvgIpc) is 2.40. The molecule has 0 atom stereocenters. The van der Waals surface area contributed by atoms with Crippen molar-refractivity contribution in [2.75, 3.05) is 7.11 Å². The van der Waals surface area contributed by atoms with Crippen LogP contribution in [0, 0.1) is 0 Å². The summed E-state index contributed by atoms with van der Waals surface area (Å²) in [5.41, 5.74) is 6.53. The molecule has 0 unspecified atom stereocenters. The average molecular weight is 231 g/mol. The van der Waals surface area contributed by atoms with Gasteiger partial charge in [0.1, 0.15) is 0 Å². The van der Waals surface area contributed by atoms with Crippen LogP contribution in [0.15, 0.2) is 36.7 Å². The van der Waals surface area contributed by atoms with Crippen LogP contribution < -0.4 is 15.2 Å². The third-order valence-corrected chi connectivity index (χ3v) is 2.21. The lowest BCUT2D eigenvalue weighted by Crippen LogP contribution is -1.98. The van der Waals surface area contributed by atoms with E-state index >= 15 is 0 Å². The molecular formula is C12H13N3O2. The molecule has 2 rings (SSSR count). The van der Waals surface area contributed by atoms with Gasteiger partial charge in [0.2, 0.25) is 0 Å². The fourth-order valence-corrected chi connectivity index (χ4v) is 1.36. The number of hydrogen-bond acceptors (Lipinski definition) is 5. The van der Waals surface area contributed by atoms with Gasteiger partial charge in [-0.05, 0) is 23.8 Å². The van der Waals surface area contributed by atoms with Gasteiger partial charge in [-0.25, -0.2) is 9.97 Å². The molecule has 2 N–H and O–H groups in total. The molecule has 1 heterocycles. The molecule has 88 valence electrons. The maximum Gasteiger partial charge on any atom is 0.321 e. The Morgan fingerprint density at radius 3 is 2.59 bits per heavy atom. The van der Waals surface area contributed by atoms with Gasteiger partial charge in [0.15, 0.2) is 11.5 Å². The zero-order valence-electron chi connectivity index (χ0n) is 9.46. The second-order valence-electron chi connectivity index (χ2n) is 3.32. The molecule has 17 heavy (non-hydrogen) atoms. The zero-order chi connectivity index (χ0) is 12.1. The van der Waals surface area contributed by atoms with Gasteiger partial charge in [0.25, 0.3) is 0 Å². The lowest BCUT2D eigenvalue weighted by Gasteiger charge is -2.09. The molecule has 1 aromatic heterocycles. The van der Waals surface area contributed by atoms with Crippen molar-refractivity contribution in [3.63, 3.8) is 0 Å². The lowest BCUT2D eigenvalue weighted by atomic mass is 10.2. The minimum Gasteiger partial charge on any atom is -0.493 e. The summed E-state index contributed by atoms with van der Waals surface area (Å²) in [6.45, 7) is 0.457. The van der Waals surface area contributed by atoms with Crippen molar-refractivity contribution in [3.05, 3.63) is 42.2 Å². The molecule has 0 fully saturated rings. The van der Waals surface area contributed by atoms with E-state index in [-0.39, 0.29) is 6.01 Å². The molecule has 0 radical (unpaired) electrons. The van der Waals surface area contributed by atoms with Gasteiger partial charge < -0.3 is 15.2 Å². The second-order valence-corrected chi connectivity index (χ2v) is 3.32. The molecule has 0 aliphatic carbocycles. The molecule has 0 aliphatic rings. The molecule has 0 bridgehead atoms. The van der Waals surface area contributed by atoms with Crippen LogP contribution in [0.1, 0.15) is 5.56 Å². The summed E-state index contributed by atoms with van der Waals surface area (Å²) < 4.78 is 10.7. The molecule has 0 spiro atoms. The van der Waals surface area contributed by atoms with Crippen LogP contribution in [-0.4, -0.2) is 17.1 Å². The summed E-state index contributed by atoms with van der Waals surface area (Å²) in [7, 11) is 1.58.